The molecule has 0 aliphatic carbocycles. The molecule has 0 fully saturated rings. The Kier molecular flexibility index (Phi) is 5.93. The SMILES string of the molecule is NCCCn1ccc2cc(C(=O)NCCc3nccc(C(F)(F)F)n3)ccc21. The van der Waals surface area contributed by atoms with Gasteiger partial charge in [-0.1, -0.05) is 0 Å². The first kappa shape index (κ1) is 19.8. The maximum absolute atomic E-state index is 12.7. The number of hydrogen-bond acceptors (Lipinski definition) is 4. The van der Waals surface area contributed by atoms with Gasteiger partial charge >= 0.3 is 6.18 Å². The van der Waals surface area contributed by atoms with E-state index >= 15 is 0 Å². The molecule has 0 bridgehead atoms. The number of nitrogens with zero attached hydrogens (tertiary/aromatic N) is 3. The van der Waals surface area contributed by atoms with Crippen LogP contribution in [0, 0.1) is 0 Å². The summed E-state index contributed by atoms with van der Waals surface area (Å²) in [7, 11) is 0. The predicted molar refractivity (Wildman–Crippen MR) is 98.7 cm³/mol. The van der Waals surface area contributed by atoms with E-state index in [-0.39, 0.29) is 24.7 Å². The molecule has 6 nitrogen and oxygen atoms in total. The van der Waals surface area contributed by atoms with E-state index in [0.717, 1.165) is 36.1 Å². The number of nitrogens with two attached hydrogens (primary N) is 1. The van der Waals surface area contributed by atoms with Crippen molar-refractivity contribution in [1.29, 1.82) is 0 Å². The van der Waals surface area contributed by atoms with E-state index in [1.54, 1.807) is 12.1 Å². The number of nitrogens with one attached hydrogen (secondary N) is 1. The zero-order valence-corrected chi connectivity index (χ0v) is 15.0. The predicted octanol–water partition coefficient (Wildman–Crippen LogP) is 2.77. The second-order valence-corrected chi connectivity index (χ2v) is 6.29. The molecular weight excluding hydrogens is 371 g/mol. The number of rotatable bonds is 7. The molecule has 0 atom stereocenters. The molecular formula is C19H20F3N5O. The molecule has 148 valence electrons. The lowest BCUT2D eigenvalue weighted by atomic mass is 10.1. The molecule has 9 heteroatoms. The first-order valence-electron chi connectivity index (χ1n) is 8.85. The second kappa shape index (κ2) is 8.39. The van der Waals surface area contributed by atoms with Crippen LogP contribution in [0.15, 0.2) is 42.7 Å². The van der Waals surface area contributed by atoms with Crippen LogP contribution in [0.25, 0.3) is 10.9 Å². The molecule has 0 unspecified atom stereocenters. The van der Waals surface area contributed by atoms with Crippen LogP contribution < -0.4 is 11.1 Å². The van der Waals surface area contributed by atoms with Gasteiger partial charge in [-0.2, -0.15) is 13.2 Å². The largest absolute Gasteiger partial charge is 0.433 e. The summed E-state index contributed by atoms with van der Waals surface area (Å²) in [6.07, 6.45) is -0.531. The molecule has 2 heterocycles. The average Bonchev–Trinajstić information content (AvgIpc) is 3.08. The molecule has 28 heavy (non-hydrogen) atoms. The molecule has 1 amide bonds. The maximum Gasteiger partial charge on any atom is 0.433 e. The van der Waals surface area contributed by atoms with Gasteiger partial charge in [0.15, 0.2) is 0 Å². The summed E-state index contributed by atoms with van der Waals surface area (Å²) in [5.74, 6) is -0.272. The molecule has 1 aromatic carbocycles. The van der Waals surface area contributed by atoms with Crippen LogP contribution in [-0.2, 0) is 19.1 Å². The van der Waals surface area contributed by atoms with Crippen molar-refractivity contribution in [3.8, 4) is 0 Å². The number of benzene rings is 1. The summed E-state index contributed by atoms with van der Waals surface area (Å²) in [6, 6.07) is 8.12. The van der Waals surface area contributed by atoms with E-state index < -0.39 is 11.9 Å². The summed E-state index contributed by atoms with van der Waals surface area (Å²) in [5.41, 5.74) is 6.04. The molecule has 3 N–H and O–H groups in total. The number of amides is 1. The van der Waals surface area contributed by atoms with Crippen LogP contribution in [-0.4, -0.2) is 33.5 Å². The van der Waals surface area contributed by atoms with E-state index in [0.29, 0.717) is 12.1 Å². The molecule has 0 saturated heterocycles. The van der Waals surface area contributed by atoms with Gasteiger partial charge < -0.3 is 15.6 Å². The Balaban J connectivity index is 1.61. The van der Waals surface area contributed by atoms with Crippen LogP contribution in [0.1, 0.15) is 28.3 Å². The van der Waals surface area contributed by atoms with Gasteiger partial charge in [0.2, 0.25) is 0 Å². The Morgan fingerprint density at radius 3 is 2.79 bits per heavy atom. The number of fused-ring (bicyclic) bond motifs is 1. The Morgan fingerprint density at radius 2 is 2.04 bits per heavy atom. The Bertz CT molecular complexity index is 968. The summed E-state index contributed by atoms with van der Waals surface area (Å²) in [6.45, 7) is 1.55. The number of carbonyl (C=O) groups excluding carboxylic acids is 1. The van der Waals surface area contributed by atoms with Crippen molar-refractivity contribution < 1.29 is 18.0 Å². The fourth-order valence-electron chi connectivity index (χ4n) is 2.87. The third-order valence-electron chi connectivity index (χ3n) is 4.27. The summed E-state index contributed by atoms with van der Waals surface area (Å²) < 4.78 is 40.1. The van der Waals surface area contributed by atoms with Crippen molar-refractivity contribution in [3.05, 3.63) is 59.8 Å². The van der Waals surface area contributed by atoms with Gasteiger partial charge in [0.1, 0.15) is 11.5 Å². The van der Waals surface area contributed by atoms with Gasteiger partial charge in [-0.3, -0.25) is 4.79 Å². The van der Waals surface area contributed by atoms with Crippen molar-refractivity contribution in [2.45, 2.75) is 25.6 Å². The minimum atomic E-state index is -4.52. The average molecular weight is 391 g/mol. The van der Waals surface area contributed by atoms with Crippen LogP contribution in [0.5, 0.6) is 0 Å². The van der Waals surface area contributed by atoms with Crippen molar-refractivity contribution in [1.82, 2.24) is 19.9 Å². The normalized spacial score (nSPS) is 11.7. The standard InChI is InChI=1S/C19H20F3N5O/c20-19(21,22)16-4-8-24-17(26-16)5-9-25-18(28)14-2-3-15-13(12-14)6-11-27(15)10-1-7-23/h2-4,6,8,11-12H,1,5,7,9-10,23H2,(H,25,28). The van der Waals surface area contributed by atoms with Gasteiger partial charge in [0, 0.05) is 48.4 Å². The second-order valence-electron chi connectivity index (χ2n) is 6.29. The zero-order chi connectivity index (χ0) is 20.1. The van der Waals surface area contributed by atoms with Gasteiger partial charge in [-0.15, -0.1) is 0 Å². The van der Waals surface area contributed by atoms with Gasteiger partial charge in [-0.05, 0) is 43.3 Å². The maximum atomic E-state index is 12.7. The van der Waals surface area contributed by atoms with Gasteiger partial charge in [0.25, 0.3) is 5.91 Å². The Hall–Kier alpha value is -2.94. The first-order valence-corrected chi connectivity index (χ1v) is 8.85. The lowest BCUT2D eigenvalue weighted by Gasteiger charge is -2.08. The third-order valence-corrected chi connectivity index (χ3v) is 4.27. The van der Waals surface area contributed by atoms with Crippen LogP contribution >= 0.6 is 0 Å². The van der Waals surface area contributed by atoms with E-state index in [2.05, 4.69) is 19.9 Å². The Labute approximate surface area is 159 Å². The molecule has 3 rings (SSSR count). The topological polar surface area (TPSA) is 85.8 Å². The lowest BCUT2D eigenvalue weighted by molar-refractivity contribution is -0.141. The molecule has 0 saturated carbocycles. The highest BCUT2D eigenvalue weighted by Crippen LogP contribution is 2.26. The Morgan fingerprint density at radius 1 is 1.21 bits per heavy atom. The van der Waals surface area contributed by atoms with Crippen molar-refractivity contribution in [2.75, 3.05) is 13.1 Å². The number of aryl methyl sites for hydroxylation is 1. The highest BCUT2D eigenvalue weighted by molar-refractivity contribution is 5.98. The van der Waals surface area contributed by atoms with E-state index in [4.69, 9.17) is 5.73 Å². The molecule has 2 aromatic heterocycles. The summed E-state index contributed by atoms with van der Waals surface area (Å²) in [5, 5.41) is 3.62. The molecule has 3 aromatic rings. The van der Waals surface area contributed by atoms with E-state index in [9.17, 15) is 18.0 Å². The lowest BCUT2D eigenvalue weighted by Crippen LogP contribution is -2.26. The van der Waals surface area contributed by atoms with Gasteiger partial charge in [0.05, 0.1) is 0 Å². The minimum Gasteiger partial charge on any atom is -0.352 e. The molecule has 0 radical (unpaired) electrons. The van der Waals surface area contributed by atoms with Crippen LogP contribution in [0.3, 0.4) is 0 Å². The zero-order valence-electron chi connectivity index (χ0n) is 15.0. The molecule has 0 aliphatic rings. The number of carbonyl (C=O) groups is 1. The van der Waals surface area contributed by atoms with E-state index in [1.165, 1.54) is 0 Å². The highest BCUT2D eigenvalue weighted by Gasteiger charge is 2.32. The molecule has 0 aliphatic heterocycles. The van der Waals surface area contributed by atoms with Crippen LogP contribution in [0.4, 0.5) is 13.2 Å². The first-order chi connectivity index (χ1) is 13.4. The fraction of sp³-hybridized carbons (Fsp3) is 0.316. The smallest absolute Gasteiger partial charge is 0.352 e. The van der Waals surface area contributed by atoms with E-state index in [1.807, 2.05) is 18.3 Å². The highest BCUT2D eigenvalue weighted by atomic mass is 19.4. The van der Waals surface area contributed by atoms with Crippen LogP contribution in [0.2, 0.25) is 0 Å². The van der Waals surface area contributed by atoms with Gasteiger partial charge in [-0.25, -0.2) is 9.97 Å². The number of halogens is 3. The number of hydrogen-bond donors (Lipinski definition) is 2. The quantitative estimate of drug-likeness (QED) is 0.649. The monoisotopic (exact) mass is 391 g/mol. The summed E-state index contributed by atoms with van der Waals surface area (Å²) >= 11 is 0. The molecule has 0 spiro atoms. The van der Waals surface area contributed by atoms with Crippen molar-refractivity contribution in [2.24, 2.45) is 5.73 Å². The minimum absolute atomic E-state index is 0.0301. The fourth-order valence-corrected chi connectivity index (χ4v) is 2.87. The van der Waals surface area contributed by atoms with Crippen molar-refractivity contribution in [3.63, 3.8) is 0 Å². The number of alkyl halides is 3. The summed E-state index contributed by atoms with van der Waals surface area (Å²) in [4.78, 5) is 19.6. The number of aromatic nitrogens is 3. The van der Waals surface area contributed by atoms with Crippen molar-refractivity contribution >= 4 is 16.8 Å². The third kappa shape index (κ3) is 4.66.